The molecule has 1 amide bonds. The molecular formula is C13H20NO3PS3. The summed E-state index contributed by atoms with van der Waals surface area (Å²) in [5.41, 5.74) is 0. The van der Waals surface area contributed by atoms with Crippen LogP contribution in [-0.4, -0.2) is 28.3 Å². The van der Waals surface area contributed by atoms with Crippen LogP contribution in [0, 0.1) is 0 Å². The highest BCUT2D eigenvalue weighted by Crippen LogP contribution is 2.68. The van der Waals surface area contributed by atoms with Gasteiger partial charge >= 0.3 is 6.72 Å². The maximum atomic E-state index is 13.1. The molecule has 3 atom stereocenters. The molecule has 1 aliphatic heterocycles. The average molecular weight is 365 g/mol. The highest BCUT2D eigenvalue weighted by Gasteiger charge is 2.49. The minimum absolute atomic E-state index is 0.0357. The Morgan fingerprint density at radius 3 is 2.81 bits per heavy atom. The van der Waals surface area contributed by atoms with Crippen molar-refractivity contribution in [2.75, 3.05) is 12.4 Å². The topological polar surface area (TPSA) is 46.6 Å². The molecule has 0 spiro atoms. The fourth-order valence-corrected chi connectivity index (χ4v) is 9.65. The fourth-order valence-electron chi connectivity index (χ4n) is 2.16. The Morgan fingerprint density at radius 2 is 2.24 bits per heavy atom. The first-order valence-corrected chi connectivity index (χ1v) is 11.9. The van der Waals surface area contributed by atoms with Crippen LogP contribution in [0.5, 0.6) is 0 Å². The number of rotatable bonds is 7. The van der Waals surface area contributed by atoms with E-state index >= 15 is 0 Å². The molecule has 0 N–H and O–H groups in total. The molecule has 8 heteroatoms. The summed E-state index contributed by atoms with van der Waals surface area (Å²) >= 11 is 4.17. The van der Waals surface area contributed by atoms with Gasteiger partial charge in [-0.2, -0.15) is 0 Å². The van der Waals surface area contributed by atoms with E-state index in [1.165, 1.54) is 27.8 Å². The van der Waals surface area contributed by atoms with E-state index in [9.17, 15) is 9.36 Å². The van der Waals surface area contributed by atoms with Crippen LogP contribution in [0.2, 0.25) is 0 Å². The van der Waals surface area contributed by atoms with Gasteiger partial charge in [-0.05, 0) is 43.1 Å². The van der Waals surface area contributed by atoms with E-state index in [0.717, 1.165) is 17.1 Å². The van der Waals surface area contributed by atoms with Gasteiger partial charge in [0.15, 0.2) is 0 Å². The SMILES string of the molecule is CCCSP(=O)(OCC)N1C(=O)SC(c2cccs2)C1C. The van der Waals surface area contributed by atoms with Crippen molar-refractivity contribution in [2.45, 2.75) is 38.5 Å². The summed E-state index contributed by atoms with van der Waals surface area (Å²) in [6.07, 6.45) is 0.902. The van der Waals surface area contributed by atoms with Crippen molar-refractivity contribution >= 4 is 46.4 Å². The van der Waals surface area contributed by atoms with Gasteiger partial charge in [0.05, 0.1) is 17.9 Å². The van der Waals surface area contributed by atoms with Gasteiger partial charge in [0.1, 0.15) is 0 Å². The van der Waals surface area contributed by atoms with Crippen molar-refractivity contribution in [1.29, 1.82) is 0 Å². The summed E-state index contributed by atoms with van der Waals surface area (Å²) in [7, 11) is 0. The van der Waals surface area contributed by atoms with E-state index in [0.29, 0.717) is 6.61 Å². The smallest absolute Gasteiger partial charge is 0.306 e. The van der Waals surface area contributed by atoms with Crippen LogP contribution in [0.4, 0.5) is 4.79 Å². The van der Waals surface area contributed by atoms with Crippen molar-refractivity contribution in [3.8, 4) is 0 Å². The predicted octanol–water partition coefficient (Wildman–Crippen LogP) is 5.63. The summed E-state index contributed by atoms with van der Waals surface area (Å²) in [6, 6.07) is 3.89. The molecule has 1 fully saturated rings. The predicted molar refractivity (Wildman–Crippen MR) is 93.3 cm³/mol. The standard InChI is InChI=1S/C13H20NO3PS3/c1-4-8-20-18(16,17-5-2)14-10(3)12(21-13(14)15)11-7-6-9-19-11/h6-7,9-10,12H,4-5,8H2,1-3H3. The van der Waals surface area contributed by atoms with Crippen LogP contribution in [0.25, 0.3) is 0 Å². The lowest BCUT2D eigenvalue weighted by Gasteiger charge is -2.30. The van der Waals surface area contributed by atoms with Gasteiger partial charge in [0.25, 0.3) is 5.24 Å². The molecule has 4 nitrogen and oxygen atoms in total. The molecule has 1 saturated heterocycles. The zero-order chi connectivity index (χ0) is 15.5. The van der Waals surface area contributed by atoms with E-state index < -0.39 is 6.72 Å². The fraction of sp³-hybridized carbons (Fsp3) is 0.615. The summed E-state index contributed by atoms with van der Waals surface area (Å²) in [5, 5.41) is 1.90. The van der Waals surface area contributed by atoms with E-state index in [4.69, 9.17) is 4.52 Å². The number of carbonyl (C=O) groups excluding carboxylic acids is 1. The lowest BCUT2D eigenvalue weighted by Crippen LogP contribution is -2.28. The highest BCUT2D eigenvalue weighted by molar-refractivity contribution is 8.56. The molecule has 0 bridgehead atoms. The first-order chi connectivity index (χ1) is 10.0. The molecule has 118 valence electrons. The van der Waals surface area contributed by atoms with Crippen LogP contribution in [-0.2, 0) is 9.09 Å². The maximum Gasteiger partial charge on any atom is 0.356 e. The summed E-state index contributed by atoms with van der Waals surface area (Å²) in [5.74, 6) is 0.724. The molecule has 2 rings (SSSR count). The largest absolute Gasteiger partial charge is 0.356 e. The number of hydrogen-bond donors (Lipinski definition) is 0. The first-order valence-electron chi connectivity index (χ1n) is 6.96. The second-order valence-corrected chi connectivity index (χ2v) is 11.1. The minimum Gasteiger partial charge on any atom is -0.306 e. The quantitative estimate of drug-likeness (QED) is 0.586. The molecule has 3 unspecified atom stereocenters. The molecule has 21 heavy (non-hydrogen) atoms. The average Bonchev–Trinajstić information content (AvgIpc) is 3.05. The zero-order valence-electron chi connectivity index (χ0n) is 12.4. The van der Waals surface area contributed by atoms with Gasteiger partial charge < -0.3 is 4.52 Å². The Balaban J connectivity index is 2.24. The summed E-state index contributed by atoms with van der Waals surface area (Å²) in [4.78, 5) is 13.5. The molecule has 0 aromatic carbocycles. The van der Waals surface area contributed by atoms with E-state index in [2.05, 4.69) is 0 Å². The Hall–Kier alpha value is 0.0600. The number of thioether (sulfide) groups is 1. The second-order valence-electron chi connectivity index (χ2n) is 4.62. The third-order valence-corrected chi connectivity index (χ3v) is 10.6. The Kier molecular flexibility index (Phi) is 6.26. The molecule has 2 heterocycles. The number of nitrogens with zero attached hydrogens (tertiary/aromatic N) is 1. The molecule has 0 aliphatic carbocycles. The normalized spacial score (nSPS) is 25.3. The van der Waals surface area contributed by atoms with Crippen LogP contribution in [0.15, 0.2) is 17.5 Å². The van der Waals surface area contributed by atoms with Gasteiger partial charge in [-0.15, -0.1) is 11.3 Å². The van der Waals surface area contributed by atoms with Crippen LogP contribution in [0.3, 0.4) is 0 Å². The van der Waals surface area contributed by atoms with Gasteiger partial charge in [0.2, 0.25) is 0 Å². The van der Waals surface area contributed by atoms with Crippen molar-refractivity contribution < 1.29 is 13.9 Å². The van der Waals surface area contributed by atoms with Gasteiger partial charge in [-0.1, -0.05) is 24.8 Å². The summed E-state index contributed by atoms with van der Waals surface area (Å²) in [6.45, 7) is 3.00. The van der Waals surface area contributed by atoms with Crippen molar-refractivity contribution in [2.24, 2.45) is 0 Å². The van der Waals surface area contributed by atoms with E-state index in [-0.39, 0.29) is 16.5 Å². The van der Waals surface area contributed by atoms with Crippen LogP contribution < -0.4 is 0 Å². The zero-order valence-corrected chi connectivity index (χ0v) is 15.7. The molecular weight excluding hydrogens is 345 g/mol. The lowest BCUT2D eigenvalue weighted by atomic mass is 10.2. The second kappa shape index (κ2) is 7.55. The lowest BCUT2D eigenvalue weighted by molar-refractivity contribution is 0.230. The van der Waals surface area contributed by atoms with E-state index in [1.807, 2.05) is 38.3 Å². The number of hydrogen-bond acceptors (Lipinski definition) is 6. The Bertz CT molecular complexity index is 523. The maximum absolute atomic E-state index is 13.1. The molecule has 1 aromatic heterocycles. The van der Waals surface area contributed by atoms with Crippen molar-refractivity contribution in [3.05, 3.63) is 22.4 Å². The summed E-state index contributed by atoms with van der Waals surface area (Å²) < 4.78 is 20.2. The third-order valence-electron chi connectivity index (χ3n) is 3.08. The van der Waals surface area contributed by atoms with Gasteiger partial charge in [0, 0.05) is 10.6 Å². The number of thiophene rings is 1. The molecule has 0 radical (unpaired) electrons. The van der Waals surface area contributed by atoms with Gasteiger partial charge in [-0.25, -0.2) is 4.67 Å². The molecule has 0 saturated carbocycles. The van der Waals surface area contributed by atoms with Crippen molar-refractivity contribution in [1.82, 2.24) is 4.67 Å². The monoisotopic (exact) mass is 365 g/mol. The van der Waals surface area contributed by atoms with Gasteiger partial charge in [-0.3, -0.25) is 9.36 Å². The van der Waals surface area contributed by atoms with Crippen LogP contribution >= 0.6 is 41.2 Å². The number of carbonyl (C=O) groups is 1. The third kappa shape index (κ3) is 3.70. The minimum atomic E-state index is -3.15. The Labute approximate surface area is 138 Å². The van der Waals surface area contributed by atoms with E-state index in [1.54, 1.807) is 11.3 Å². The molecule has 1 aliphatic rings. The Morgan fingerprint density at radius 1 is 1.48 bits per heavy atom. The first kappa shape index (κ1) is 17.4. The number of amides is 1. The molecule has 1 aromatic rings. The van der Waals surface area contributed by atoms with Crippen molar-refractivity contribution in [3.63, 3.8) is 0 Å². The highest BCUT2D eigenvalue weighted by atomic mass is 32.7. The van der Waals surface area contributed by atoms with Crippen LogP contribution in [0.1, 0.15) is 37.3 Å².